The van der Waals surface area contributed by atoms with E-state index in [-0.39, 0.29) is 0 Å². The van der Waals surface area contributed by atoms with Crippen molar-refractivity contribution in [2.45, 2.75) is 6.92 Å². The topological polar surface area (TPSA) is 44.5 Å². The summed E-state index contributed by atoms with van der Waals surface area (Å²) in [7, 11) is 1.62. The van der Waals surface area contributed by atoms with Crippen molar-refractivity contribution >= 4 is 17.2 Å². The number of rotatable bonds is 4. The summed E-state index contributed by atoms with van der Waals surface area (Å²) in [6.45, 7) is 1.99. The van der Waals surface area contributed by atoms with Gasteiger partial charge in [-0.05, 0) is 36.8 Å². The first kappa shape index (κ1) is 13.4. The van der Waals surface area contributed by atoms with Gasteiger partial charge in [0, 0.05) is 6.07 Å². The van der Waals surface area contributed by atoms with Gasteiger partial charge in [-0.25, -0.2) is 0 Å². The Morgan fingerprint density at radius 3 is 2.53 bits per heavy atom. The van der Waals surface area contributed by atoms with Crippen molar-refractivity contribution in [3.8, 4) is 17.2 Å². The Kier molecular flexibility index (Phi) is 4.02. The molecule has 0 saturated heterocycles. The summed E-state index contributed by atoms with van der Waals surface area (Å²) < 4.78 is 11.0. The lowest BCUT2D eigenvalue weighted by Gasteiger charge is -2.12. The summed E-state index contributed by atoms with van der Waals surface area (Å²) >= 11 is 5.03. The molecular weight excluding hydrogens is 258 g/mol. The molecule has 0 fully saturated rings. The molecule has 2 aromatic carbocycles. The molecule has 0 amide bonds. The average molecular weight is 273 g/mol. The van der Waals surface area contributed by atoms with Gasteiger partial charge < -0.3 is 15.2 Å². The molecule has 0 bridgehead atoms. The van der Waals surface area contributed by atoms with E-state index in [1.54, 1.807) is 7.11 Å². The molecule has 3 nitrogen and oxygen atoms in total. The maximum Gasteiger partial charge on any atom is 0.137 e. The molecule has 0 spiro atoms. The largest absolute Gasteiger partial charge is 0.497 e. The van der Waals surface area contributed by atoms with E-state index in [2.05, 4.69) is 0 Å². The molecule has 2 rings (SSSR count). The van der Waals surface area contributed by atoms with E-state index in [9.17, 15) is 0 Å². The highest BCUT2D eigenvalue weighted by Gasteiger charge is 2.08. The van der Waals surface area contributed by atoms with Crippen LogP contribution in [0.1, 0.15) is 11.1 Å². The van der Waals surface area contributed by atoms with Crippen LogP contribution in [0.2, 0.25) is 0 Å². The highest BCUT2D eigenvalue weighted by atomic mass is 32.1. The molecule has 0 saturated carbocycles. The highest BCUT2D eigenvalue weighted by Crippen LogP contribution is 2.28. The van der Waals surface area contributed by atoms with Crippen LogP contribution in [0.5, 0.6) is 17.2 Å². The second kappa shape index (κ2) is 5.71. The van der Waals surface area contributed by atoms with Crippen molar-refractivity contribution in [2.24, 2.45) is 5.73 Å². The number of hydrogen-bond donors (Lipinski definition) is 1. The highest BCUT2D eigenvalue weighted by molar-refractivity contribution is 7.80. The Morgan fingerprint density at radius 2 is 1.84 bits per heavy atom. The second-order valence-corrected chi connectivity index (χ2v) is 4.58. The monoisotopic (exact) mass is 273 g/mol. The summed E-state index contributed by atoms with van der Waals surface area (Å²) in [4.78, 5) is 0.317. The number of thiocarbonyl (C=S) groups is 1. The average Bonchev–Trinajstić information content (AvgIpc) is 2.38. The molecule has 0 unspecified atom stereocenters. The van der Waals surface area contributed by atoms with E-state index in [0.29, 0.717) is 16.5 Å². The van der Waals surface area contributed by atoms with E-state index in [1.165, 1.54) is 0 Å². The fourth-order valence-corrected chi connectivity index (χ4v) is 1.88. The van der Waals surface area contributed by atoms with Gasteiger partial charge >= 0.3 is 0 Å². The minimum Gasteiger partial charge on any atom is -0.497 e. The van der Waals surface area contributed by atoms with Gasteiger partial charge in [0.15, 0.2) is 0 Å². The van der Waals surface area contributed by atoms with Gasteiger partial charge in [-0.2, -0.15) is 0 Å². The molecule has 2 N–H and O–H groups in total. The molecule has 4 heteroatoms. The van der Waals surface area contributed by atoms with Crippen molar-refractivity contribution in [3.63, 3.8) is 0 Å². The van der Waals surface area contributed by atoms with Crippen molar-refractivity contribution in [2.75, 3.05) is 7.11 Å². The number of nitrogens with two attached hydrogens (primary N) is 1. The van der Waals surface area contributed by atoms with Crippen molar-refractivity contribution in [3.05, 3.63) is 53.6 Å². The van der Waals surface area contributed by atoms with E-state index in [0.717, 1.165) is 16.9 Å². The van der Waals surface area contributed by atoms with Gasteiger partial charge in [0.05, 0.1) is 12.7 Å². The first-order valence-corrected chi connectivity index (χ1v) is 6.23. The van der Waals surface area contributed by atoms with Gasteiger partial charge in [-0.3, -0.25) is 0 Å². The fraction of sp³-hybridized carbons (Fsp3) is 0.133. The quantitative estimate of drug-likeness (QED) is 0.867. The van der Waals surface area contributed by atoms with Crippen LogP contribution in [-0.2, 0) is 0 Å². The third-order valence-corrected chi connectivity index (χ3v) is 2.89. The maximum absolute atomic E-state index is 5.85. The molecule has 19 heavy (non-hydrogen) atoms. The molecule has 0 aliphatic rings. The van der Waals surface area contributed by atoms with Crippen LogP contribution in [0.3, 0.4) is 0 Å². The van der Waals surface area contributed by atoms with Crippen molar-refractivity contribution in [1.29, 1.82) is 0 Å². The van der Waals surface area contributed by atoms with Gasteiger partial charge in [0.1, 0.15) is 22.2 Å². The number of hydrogen-bond acceptors (Lipinski definition) is 3. The lowest BCUT2D eigenvalue weighted by molar-refractivity contribution is 0.409. The molecule has 0 radical (unpaired) electrons. The molecule has 0 aliphatic heterocycles. The minimum absolute atomic E-state index is 0.317. The van der Waals surface area contributed by atoms with Crippen LogP contribution < -0.4 is 15.2 Å². The summed E-state index contributed by atoms with van der Waals surface area (Å²) in [6, 6.07) is 13.1. The van der Waals surface area contributed by atoms with Crippen molar-refractivity contribution in [1.82, 2.24) is 0 Å². The fourth-order valence-electron chi connectivity index (χ4n) is 1.71. The normalized spacial score (nSPS) is 10.0. The summed E-state index contributed by atoms with van der Waals surface area (Å²) in [5, 5.41) is 0. The lowest BCUT2D eigenvalue weighted by Crippen LogP contribution is -2.10. The lowest BCUT2D eigenvalue weighted by atomic mass is 10.1. The Labute approximate surface area is 118 Å². The Bertz CT molecular complexity index is 611. The van der Waals surface area contributed by atoms with Gasteiger partial charge in [-0.15, -0.1) is 0 Å². The third kappa shape index (κ3) is 3.23. The molecular formula is C15H15NO2S. The molecule has 0 aliphatic carbocycles. The third-order valence-electron chi connectivity index (χ3n) is 2.67. The van der Waals surface area contributed by atoms with Crippen LogP contribution in [0.4, 0.5) is 0 Å². The summed E-state index contributed by atoms with van der Waals surface area (Å²) in [5.41, 5.74) is 7.51. The zero-order valence-corrected chi connectivity index (χ0v) is 11.7. The Hall–Kier alpha value is -2.07. The maximum atomic E-state index is 5.85. The molecule has 0 heterocycles. The molecule has 2 aromatic rings. The number of benzene rings is 2. The first-order valence-electron chi connectivity index (χ1n) is 5.82. The van der Waals surface area contributed by atoms with Crippen LogP contribution in [0.25, 0.3) is 0 Å². The van der Waals surface area contributed by atoms with Crippen LogP contribution in [0, 0.1) is 6.92 Å². The molecule has 98 valence electrons. The SMILES string of the molecule is COc1cccc(Oc2cc(C)ccc2C(N)=S)c1. The van der Waals surface area contributed by atoms with E-state index in [1.807, 2.05) is 49.4 Å². The van der Waals surface area contributed by atoms with Crippen LogP contribution >= 0.6 is 12.2 Å². The summed E-state index contributed by atoms with van der Waals surface area (Å²) in [5.74, 6) is 2.07. The van der Waals surface area contributed by atoms with E-state index >= 15 is 0 Å². The van der Waals surface area contributed by atoms with Crippen LogP contribution in [-0.4, -0.2) is 12.1 Å². The second-order valence-electron chi connectivity index (χ2n) is 4.14. The predicted octanol–water partition coefficient (Wildman–Crippen LogP) is 3.43. The van der Waals surface area contributed by atoms with Gasteiger partial charge in [0.25, 0.3) is 0 Å². The van der Waals surface area contributed by atoms with Gasteiger partial charge in [0.2, 0.25) is 0 Å². The number of ether oxygens (including phenoxy) is 2. The predicted molar refractivity (Wildman–Crippen MR) is 80.1 cm³/mol. The smallest absolute Gasteiger partial charge is 0.137 e. The van der Waals surface area contributed by atoms with E-state index < -0.39 is 0 Å². The van der Waals surface area contributed by atoms with Crippen molar-refractivity contribution < 1.29 is 9.47 Å². The minimum atomic E-state index is 0.317. The first-order chi connectivity index (χ1) is 9.10. The Morgan fingerprint density at radius 1 is 1.11 bits per heavy atom. The standard InChI is InChI=1S/C15H15NO2S/c1-10-6-7-13(15(16)19)14(8-10)18-12-5-3-4-11(9-12)17-2/h3-9H,1-2H3,(H2,16,19). The zero-order chi connectivity index (χ0) is 13.8. The molecule has 0 aromatic heterocycles. The number of aryl methyl sites for hydroxylation is 1. The Balaban J connectivity index is 2.36. The van der Waals surface area contributed by atoms with Gasteiger partial charge in [-0.1, -0.05) is 24.4 Å². The summed E-state index contributed by atoms with van der Waals surface area (Å²) in [6.07, 6.45) is 0. The van der Waals surface area contributed by atoms with Crippen LogP contribution in [0.15, 0.2) is 42.5 Å². The molecule has 0 atom stereocenters. The number of methoxy groups -OCH3 is 1. The van der Waals surface area contributed by atoms with E-state index in [4.69, 9.17) is 27.4 Å². The zero-order valence-electron chi connectivity index (χ0n) is 10.8.